The molecule has 2 atom stereocenters. The number of aliphatic hydroxyl groups is 1. The maximum Gasteiger partial charge on any atom is 0.243 e. The monoisotopic (exact) mass is 276 g/mol. The van der Waals surface area contributed by atoms with Gasteiger partial charge in [-0.15, -0.1) is 0 Å². The smallest absolute Gasteiger partial charge is 0.243 e. The number of methoxy groups -OCH3 is 1. The van der Waals surface area contributed by atoms with Gasteiger partial charge >= 0.3 is 0 Å². The van der Waals surface area contributed by atoms with Crippen LogP contribution in [0, 0.1) is 0 Å². The van der Waals surface area contributed by atoms with Crippen molar-refractivity contribution in [2.24, 2.45) is 0 Å². The highest BCUT2D eigenvalue weighted by Gasteiger charge is 2.28. The van der Waals surface area contributed by atoms with E-state index >= 15 is 0 Å². The average molecular weight is 276 g/mol. The lowest BCUT2D eigenvalue weighted by Crippen LogP contribution is -2.15. The van der Waals surface area contributed by atoms with Gasteiger partial charge in [0.05, 0.1) is 19.3 Å². The Kier molecular flexibility index (Phi) is 3.62. The lowest BCUT2D eigenvalue weighted by Gasteiger charge is -2.01. The summed E-state index contributed by atoms with van der Waals surface area (Å²) in [6, 6.07) is 3.66. The second kappa shape index (κ2) is 5.56. The van der Waals surface area contributed by atoms with Crippen LogP contribution in [0.25, 0.3) is 0 Å². The predicted molar refractivity (Wildman–Crippen MR) is 69.3 cm³/mol. The third-order valence-corrected chi connectivity index (χ3v) is 3.26. The summed E-state index contributed by atoms with van der Waals surface area (Å²) in [7, 11) is 1.58. The molecular formula is C13H16N4O3. The molecule has 0 aromatic carbocycles. The van der Waals surface area contributed by atoms with Crippen LogP contribution in [0.3, 0.4) is 0 Å². The molecule has 1 saturated heterocycles. The predicted octanol–water partition coefficient (Wildman–Crippen LogP) is 0.459. The van der Waals surface area contributed by atoms with Gasteiger partial charge in [0.1, 0.15) is 0 Å². The van der Waals surface area contributed by atoms with Crippen molar-refractivity contribution in [2.75, 3.05) is 13.7 Å². The van der Waals surface area contributed by atoms with Crippen LogP contribution in [0.5, 0.6) is 5.88 Å². The quantitative estimate of drug-likeness (QED) is 0.837. The lowest BCUT2D eigenvalue weighted by molar-refractivity contribution is 0.191. The van der Waals surface area contributed by atoms with Gasteiger partial charge in [0, 0.05) is 25.2 Å². The van der Waals surface area contributed by atoms with Crippen LogP contribution in [0.4, 0.5) is 0 Å². The van der Waals surface area contributed by atoms with E-state index in [1.54, 1.807) is 19.4 Å². The summed E-state index contributed by atoms with van der Waals surface area (Å²) in [4.78, 5) is 8.49. The molecule has 3 rings (SSSR count). The molecular weight excluding hydrogens is 260 g/mol. The molecule has 1 aliphatic rings. The number of ether oxygens (including phenoxy) is 1. The van der Waals surface area contributed by atoms with Crippen molar-refractivity contribution in [2.45, 2.75) is 25.0 Å². The van der Waals surface area contributed by atoms with E-state index in [0.29, 0.717) is 37.0 Å². The Balaban J connectivity index is 1.67. The van der Waals surface area contributed by atoms with Crippen LogP contribution >= 0.6 is 0 Å². The van der Waals surface area contributed by atoms with E-state index in [2.05, 4.69) is 20.4 Å². The highest BCUT2D eigenvalue weighted by atomic mass is 16.5. The van der Waals surface area contributed by atoms with E-state index in [1.807, 2.05) is 6.07 Å². The van der Waals surface area contributed by atoms with Gasteiger partial charge in [-0.25, -0.2) is 4.98 Å². The number of hydrogen-bond acceptors (Lipinski definition) is 7. The minimum Gasteiger partial charge on any atom is -0.481 e. The number of nitrogens with zero attached hydrogens (tertiary/aromatic N) is 3. The zero-order valence-electron chi connectivity index (χ0n) is 11.1. The van der Waals surface area contributed by atoms with Crippen LogP contribution in [0.2, 0.25) is 0 Å². The Hall–Kier alpha value is -1.99. The van der Waals surface area contributed by atoms with Gasteiger partial charge < -0.3 is 19.7 Å². The fourth-order valence-corrected chi connectivity index (χ4v) is 2.20. The van der Waals surface area contributed by atoms with Gasteiger partial charge in [-0.3, -0.25) is 0 Å². The van der Waals surface area contributed by atoms with Crippen LogP contribution < -0.4 is 10.1 Å². The van der Waals surface area contributed by atoms with Crippen LogP contribution in [0.15, 0.2) is 22.9 Å². The summed E-state index contributed by atoms with van der Waals surface area (Å²) in [5.41, 5.74) is 0.984. The first kappa shape index (κ1) is 13.0. The van der Waals surface area contributed by atoms with Gasteiger partial charge in [-0.1, -0.05) is 11.2 Å². The SMILES string of the molecule is COc1ccc(Cc2noc([C@@H]3C[C@H](O)CN3)n2)cn1. The number of pyridine rings is 1. The van der Waals surface area contributed by atoms with E-state index in [4.69, 9.17) is 9.26 Å². The molecule has 0 radical (unpaired) electrons. The molecule has 0 unspecified atom stereocenters. The highest BCUT2D eigenvalue weighted by Crippen LogP contribution is 2.22. The molecule has 0 aliphatic carbocycles. The zero-order chi connectivity index (χ0) is 13.9. The van der Waals surface area contributed by atoms with Gasteiger partial charge in [0.2, 0.25) is 11.8 Å². The minimum atomic E-state index is -0.346. The Morgan fingerprint density at radius 2 is 2.40 bits per heavy atom. The Bertz CT molecular complexity index is 569. The largest absolute Gasteiger partial charge is 0.481 e. The minimum absolute atomic E-state index is 0.0553. The van der Waals surface area contributed by atoms with Gasteiger partial charge in [-0.2, -0.15) is 4.98 Å². The van der Waals surface area contributed by atoms with E-state index < -0.39 is 0 Å². The van der Waals surface area contributed by atoms with Crippen molar-refractivity contribution >= 4 is 0 Å². The third-order valence-electron chi connectivity index (χ3n) is 3.26. The number of rotatable bonds is 4. The lowest BCUT2D eigenvalue weighted by atomic mass is 10.2. The Morgan fingerprint density at radius 3 is 3.05 bits per heavy atom. The van der Waals surface area contributed by atoms with Gasteiger partial charge in [-0.05, 0) is 12.0 Å². The summed E-state index contributed by atoms with van der Waals surface area (Å²) in [5, 5.41) is 16.6. The summed E-state index contributed by atoms with van der Waals surface area (Å²) in [6.07, 6.45) is 2.54. The molecule has 7 heteroatoms. The molecule has 0 amide bonds. The fraction of sp³-hybridized carbons (Fsp3) is 0.462. The maximum atomic E-state index is 9.48. The molecule has 0 spiro atoms. The Morgan fingerprint density at radius 1 is 1.50 bits per heavy atom. The molecule has 1 fully saturated rings. The summed E-state index contributed by atoms with van der Waals surface area (Å²) >= 11 is 0. The first-order chi connectivity index (χ1) is 9.74. The average Bonchev–Trinajstić information content (AvgIpc) is 3.09. The van der Waals surface area contributed by atoms with E-state index in [1.165, 1.54) is 0 Å². The third kappa shape index (κ3) is 2.78. The summed E-state index contributed by atoms with van der Waals surface area (Å²) in [5.74, 6) is 1.71. The van der Waals surface area contributed by atoms with Crippen molar-refractivity contribution in [1.82, 2.24) is 20.4 Å². The Labute approximate surface area is 116 Å². The van der Waals surface area contributed by atoms with Crippen LogP contribution in [-0.2, 0) is 6.42 Å². The molecule has 20 heavy (non-hydrogen) atoms. The molecule has 106 valence electrons. The second-order valence-electron chi connectivity index (χ2n) is 4.78. The first-order valence-electron chi connectivity index (χ1n) is 6.47. The number of aliphatic hydroxyl groups excluding tert-OH is 1. The maximum absolute atomic E-state index is 9.48. The van der Waals surface area contributed by atoms with Crippen molar-refractivity contribution < 1.29 is 14.4 Å². The molecule has 2 aromatic heterocycles. The molecule has 0 bridgehead atoms. The first-order valence-corrected chi connectivity index (χ1v) is 6.47. The molecule has 3 heterocycles. The number of hydrogen-bond donors (Lipinski definition) is 2. The zero-order valence-corrected chi connectivity index (χ0v) is 11.1. The number of β-amino-alcohol motifs (C(OH)–C–C–N with tert-alkyl or cyclic N) is 1. The normalized spacial score (nSPS) is 22.1. The summed E-state index contributed by atoms with van der Waals surface area (Å²) in [6.45, 7) is 0.560. The van der Waals surface area contributed by atoms with E-state index in [0.717, 1.165) is 5.56 Å². The van der Waals surface area contributed by atoms with Crippen molar-refractivity contribution in [3.8, 4) is 5.88 Å². The van der Waals surface area contributed by atoms with Crippen molar-refractivity contribution in [3.63, 3.8) is 0 Å². The topological polar surface area (TPSA) is 93.3 Å². The second-order valence-corrected chi connectivity index (χ2v) is 4.78. The van der Waals surface area contributed by atoms with Crippen molar-refractivity contribution in [1.29, 1.82) is 0 Å². The standard InChI is InChI=1S/C13H16N4O3/c1-19-12-3-2-8(6-15-12)4-11-16-13(20-17-11)10-5-9(18)7-14-10/h2-3,6,9-10,14,18H,4-5,7H2,1H3/t9-,10-/m0/s1. The molecule has 2 aromatic rings. The molecule has 0 saturated carbocycles. The highest BCUT2D eigenvalue weighted by molar-refractivity contribution is 5.20. The van der Waals surface area contributed by atoms with E-state index in [9.17, 15) is 5.11 Å². The molecule has 1 aliphatic heterocycles. The van der Waals surface area contributed by atoms with Crippen LogP contribution in [0.1, 0.15) is 29.7 Å². The number of nitrogens with one attached hydrogen (secondary N) is 1. The molecule has 7 nitrogen and oxygen atoms in total. The summed E-state index contributed by atoms with van der Waals surface area (Å²) < 4.78 is 10.2. The van der Waals surface area contributed by atoms with Crippen molar-refractivity contribution in [3.05, 3.63) is 35.6 Å². The number of aromatic nitrogens is 3. The van der Waals surface area contributed by atoms with Gasteiger partial charge in [0.25, 0.3) is 0 Å². The fourth-order valence-electron chi connectivity index (χ4n) is 2.20. The van der Waals surface area contributed by atoms with Gasteiger partial charge in [0.15, 0.2) is 5.82 Å². The molecule has 2 N–H and O–H groups in total. The van der Waals surface area contributed by atoms with Crippen LogP contribution in [-0.4, -0.2) is 40.0 Å². The van der Waals surface area contributed by atoms with E-state index in [-0.39, 0.29) is 12.1 Å².